The summed E-state index contributed by atoms with van der Waals surface area (Å²) in [6, 6.07) is 2.72. The van der Waals surface area contributed by atoms with Crippen LogP contribution in [0, 0.1) is 18.3 Å². The van der Waals surface area contributed by atoms with Gasteiger partial charge < -0.3 is 5.32 Å². The van der Waals surface area contributed by atoms with Crippen LogP contribution < -0.4 is 5.32 Å². The second-order valence-electron chi connectivity index (χ2n) is 4.89. The highest BCUT2D eigenvalue weighted by Gasteiger charge is 2.29. The van der Waals surface area contributed by atoms with Gasteiger partial charge in [-0.1, -0.05) is 12.0 Å². The lowest BCUT2D eigenvalue weighted by molar-refractivity contribution is 0.445. The SMILES string of the molecule is C#Cc1cncc(C2=CC[C@H]3CCN[C@H]3C2)c1. The minimum absolute atomic E-state index is 0.657. The van der Waals surface area contributed by atoms with Crippen molar-refractivity contribution in [2.24, 2.45) is 5.92 Å². The summed E-state index contributed by atoms with van der Waals surface area (Å²) >= 11 is 0. The summed E-state index contributed by atoms with van der Waals surface area (Å²) in [4.78, 5) is 4.21. The van der Waals surface area contributed by atoms with Crippen molar-refractivity contribution in [1.82, 2.24) is 10.3 Å². The van der Waals surface area contributed by atoms with Crippen LogP contribution in [0.25, 0.3) is 5.57 Å². The largest absolute Gasteiger partial charge is 0.313 e. The fourth-order valence-electron chi connectivity index (χ4n) is 2.89. The summed E-state index contributed by atoms with van der Waals surface area (Å²) in [5.74, 6) is 3.48. The number of nitrogens with one attached hydrogen (secondary N) is 1. The molecule has 17 heavy (non-hydrogen) atoms. The van der Waals surface area contributed by atoms with Gasteiger partial charge in [0, 0.05) is 24.0 Å². The molecule has 2 nitrogen and oxygen atoms in total. The third-order valence-electron chi connectivity index (χ3n) is 3.87. The molecule has 1 fully saturated rings. The zero-order chi connectivity index (χ0) is 11.7. The Morgan fingerprint density at radius 3 is 3.24 bits per heavy atom. The number of hydrogen-bond donors (Lipinski definition) is 1. The van der Waals surface area contributed by atoms with E-state index < -0.39 is 0 Å². The number of hydrogen-bond acceptors (Lipinski definition) is 2. The summed E-state index contributed by atoms with van der Waals surface area (Å²) in [6.07, 6.45) is 15.1. The zero-order valence-electron chi connectivity index (χ0n) is 9.82. The van der Waals surface area contributed by atoms with Crippen molar-refractivity contribution in [2.45, 2.75) is 25.3 Å². The van der Waals surface area contributed by atoms with Crippen molar-refractivity contribution in [3.63, 3.8) is 0 Å². The Kier molecular flexibility index (Phi) is 2.70. The van der Waals surface area contributed by atoms with Gasteiger partial charge in [0.25, 0.3) is 0 Å². The van der Waals surface area contributed by atoms with E-state index >= 15 is 0 Å². The Balaban J connectivity index is 1.87. The monoisotopic (exact) mass is 224 g/mol. The molecule has 3 rings (SSSR count). The van der Waals surface area contributed by atoms with E-state index in [0.29, 0.717) is 6.04 Å². The molecule has 2 atom stereocenters. The van der Waals surface area contributed by atoms with Crippen molar-refractivity contribution in [3.8, 4) is 12.3 Å². The first kappa shape index (κ1) is 10.6. The van der Waals surface area contributed by atoms with Crippen LogP contribution in [0.2, 0.25) is 0 Å². The Bertz CT molecular complexity index is 496. The molecule has 2 heterocycles. The fourth-order valence-corrected chi connectivity index (χ4v) is 2.89. The number of terminal acetylenes is 1. The van der Waals surface area contributed by atoms with Crippen LogP contribution in [0.4, 0.5) is 0 Å². The van der Waals surface area contributed by atoms with Gasteiger partial charge >= 0.3 is 0 Å². The maximum Gasteiger partial charge on any atom is 0.0432 e. The Labute approximate surface area is 102 Å². The summed E-state index contributed by atoms with van der Waals surface area (Å²) in [5.41, 5.74) is 3.45. The Morgan fingerprint density at radius 2 is 2.35 bits per heavy atom. The first-order valence-electron chi connectivity index (χ1n) is 6.21. The molecule has 86 valence electrons. The van der Waals surface area contributed by atoms with Crippen LogP contribution in [-0.4, -0.2) is 17.6 Å². The molecule has 2 heteroatoms. The standard InChI is InChI=1S/C15H16N2/c1-2-11-7-14(10-16-9-11)13-4-3-12-5-6-17-15(12)8-13/h1,4,7,9-10,12,15,17H,3,5-6,8H2/t12-,15-/m0/s1. The molecule has 0 spiro atoms. The summed E-state index contributed by atoms with van der Waals surface area (Å²) in [5, 5.41) is 3.59. The Morgan fingerprint density at radius 1 is 1.41 bits per heavy atom. The number of nitrogens with zero attached hydrogens (tertiary/aromatic N) is 1. The quantitative estimate of drug-likeness (QED) is 0.740. The van der Waals surface area contributed by atoms with Gasteiger partial charge in [0.15, 0.2) is 0 Å². The maximum atomic E-state index is 5.41. The van der Waals surface area contributed by atoms with Gasteiger partial charge in [0.05, 0.1) is 0 Å². The van der Waals surface area contributed by atoms with E-state index in [0.717, 1.165) is 17.9 Å². The maximum absolute atomic E-state index is 5.41. The average Bonchev–Trinajstić information content (AvgIpc) is 2.86. The van der Waals surface area contributed by atoms with Crippen LogP contribution in [-0.2, 0) is 0 Å². The molecule has 0 radical (unpaired) electrons. The van der Waals surface area contributed by atoms with E-state index in [1.807, 2.05) is 6.20 Å². The highest BCUT2D eigenvalue weighted by atomic mass is 15.0. The van der Waals surface area contributed by atoms with Crippen LogP contribution in [0.3, 0.4) is 0 Å². The van der Waals surface area contributed by atoms with Crippen molar-refractivity contribution in [2.75, 3.05) is 6.54 Å². The number of pyridine rings is 1. The Hall–Kier alpha value is -1.59. The molecule has 0 unspecified atom stereocenters. The molecular weight excluding hydrogens is 208 g/mol. The van der Waals surface area contributed by atoms with Crippen LogP contribution in [0.15, 0.2) is 24.5 Å². The van der Waals surface area contributed by atoms with Gasteiger partial charge in [0.2, 0.25) is 0 Å². The molecule has 0 amide bonds. The van der Waals surface area contributed by atoms with Gasteiger partial charge in [0.1, 0.15) is 0 Å². The third-order valence-corrected chi connectivity index (χ3v) is 3.87. The van der Waals surface area contributed by atoms with E-state index in [-0.39, 0.29) is 0 Å². The van der Waals surface area contributed by atoms with Crippen molar-refractivity contribution >= 4 is 5.57 Å². The molecule has 1 aromatic heterocycles. The number of rotatable bonds is 1. The highest BCUT2D eigenvalue weighted by Crippen LogP contribution is 2.34. The summed E-state index contributed by atoms with van der Waals surface area (Å²) < 4.78 is 0. The van der Waals surface area contributed by atoms with Crippen LogP contribution in [0.5, 0.6) is 0 Å². The fraction of sp³-hybridized carbons (Fsp3) is 0.400. The average molecular weight is 224 g/mol. The molecule has 1 aromatic rings. The molecule has 1 aliphatic heterocycles. The highest BCUT2D eigenvalue weighted by molar-refractivity contribution is 5.67. The van der Waals surface area contributed by atoms with E-state index in [9.17, 15) is 0 Å². The van der Waals surface area contributed by atoms with Gasteiger partial charge in [-0.15, -0.1) is 6.42 Å². The van der Waals surface area contributed by atoms with Gasteiger partial charge in [-0.05, 0) is 48.9 Å². The van der Waals surface area contributed by atoms with Crippen molar-refractivity contribution in [3.05, 3.63) is 35.7 Å². The predicted octanol–water partition coefficient (Wildman–Crippen LogP) is 2.22. The minimum Gasteiger partial charge on any atom is -0.313 e. The minimum atomic E-state index is 0.657. The van der Waals surface area contributed by atoms with E-state index in [1.54, 1.807) is 6.20 Å². The van der Waals surface area contributed by atoms with Crippen molar-refractivity contribution in [1.29, 1.82) is 0 Å². The third kappa shape index (κ3) is 1.99. The smallest absolute Gasteiger partial charge is 0.0432 e. The zero-order valence-corrected chi connectivity index (χ0v) is 9.82. The predicted molar refractivity (Wildman–Crippen MR) is 69.3 cm³/mol. The summed E-state index contributed by atoms with van der Waals surface area (Å²) in [6.45, 7) is 1.17. The lowest BCUT2D eigenvalue weighted by Crippen LogP contribution is -2.29. The molecule has 0 bridgehead atoms. The van der Waals surface area contributed by atoms with Crippen LogP contribution in [0.1, 0.15) is 30.4 Å². The van der Waals surface area contributed by atoms with E-state index in [4.69, 9.17) is 6.42 Å². The second kappa shape index (κ2) is 4.35. The number of fused-ring (bicyclic) bond motifs is 1. The normalized spacial score (nSPS) is 27.1. The van der Waals surface area contributed by atoms with Gasteiger partial charge in [-0.25, -0.2) is 0 Å². The molecular formula is C15H16N2. The topological polar surface area (TPSA) is 24.9 Å². The molecule has 0 aromatic carbocycles. The second-order valence-corrected chi connectivity index (χ2v) is 4.89. The first-order valence-corrected chi connectivity index (χ1v) is 6.21. The van der Waals surface area contributed by atoms with Crippen molar-refractivity contribution < 1.29 is 0 Å². The lowest BCUT2D eigenvalue weighted by Gasteiger charge is -2.25. The number of aromatic nitrogens is 1. The molecule has 1 saturated heterocycles. The van der Waals surface area contributed by atoms with Gasteiger partial charge in [-0.3, -0.25) is 4.98 Å². The molecule has 1 N–H and O–H groups in total. The summed E-state index contributed by atoms with van der Waals surface area (Å²) in [7, 11) is 0. The van der Waals surface area contributed by atoms with E-state index in [1.165, 1.54) is 30.5 Å². The molecule has 2 aliphatic rings. The molecule has 0 saturated carbocycles. The number of allylic oxidation sites excluding steroid dienone is 1. The van der Waals surface area contributed by atoms with Gasteiger partial charge in [-0.2, -0.15) is 0 Å². The van der Waals surface area contributed by atoms with Crippen LogP contribution >= 0.6 is 0 Å². The lowest BCUT2D eigenvalue weighted by atomic mass is 9.83. The molecule has 1 aliphatic carbocycles. The van der Waals surface area contributed by atoms with E-state index in [2.05, 4.69) is 28.4 Å². The first-order chi connectivity index (χ1) is 8.36.